The van der Waals surface area contributed by atoms with Gasteiger partial charge < -0.3 is 5.11 Å². The van der Waals surface area contributed by atoms with E-state index in [1.54, 1.807) is 0 Å². The Balaban J connectivity index is 0.00000144. The molecule has 7 heteroatoms. The van der Waals surface area contributed by atoms with Crippen molar-refractivity contribution in [1.29, 1.82) is 0 Å². The molecule has 0 aromatic heterocycles. The smallest absolute Gasteiger partial charge is 0.155 e. The number of aromatic hydroxyl groups is 1. The van der Waals surface area contributed by atoms with Crippen LogP contribution in [0.25, 0.3) is 0 Å². The molecule has 13 heavy (non-hydrogen) atoms. The fraction of sp³-hybridized carbons (Fsp3) is 0. The summed E-state index contributed by atoms with van der Waals surface area (Å²) in [6, 6.07) is 0. The van der Waals surface area contributed by atoms with E-state index < -0.39 is 0 Å². The Morgan fingerprint density at radius 2 is 0.846 bits per heavy atom. The summed E-state index contributed by atoms with van der Waals surface area (Å²) in [5.74, 6) is -0.363. The van der Waals surface area contributed by atoms with E-state index in [9.17, 15) is 5.11 Å². The number of phenols is 1. The molecule has 1 aromatic carbocycles. The van der Waals surface area contributed by atoms with Crippen molar-refractivity contribution in [3.8, 4) is 5.75 Å². The van der Waals surface area contributed by atoms with Crippen LogP contribution in [0.3, 0.4) is 0 Å². The van der Waals surface area contributed by atoms with Crippen molar-refractivity contribution in [2.45, 2.75) is 0 Å². The largest absolute Gasteiger partial charge is 0.505 e. The molecule has 0 unspecified atom stereocenters. The first-order valence-electron chi connectivity index (χ1n) is 2.67. The molecule has 71 valence electrons. The van der Waals surface area contributed by atoms with Crippen LogP contribution in [-0.4, -0.2) is 5.11 Å². The Hall–Kier alpha value is 1.21. The van der Waals surface area contributed by atoms with E-state index >= 15 is 0 Å². The molecule has 0 saturated heterocycles. The summed E-state index contributed by atoms with van der Waals surface area (Å²) in [5.41, 5.74) is 0. The summed E-state index contributed by atoms with van der Waals surface area (Å²) in [5, 5.41) is 9.01. The van der Waals surface area contributed by atoms with Gasteiger partial charge in [-0.3, -0.25) is 0 Å². The molecule has 0 aliphatic heterocycles. The zero-order valence-electron chi connectivity index (χ0n) is 5.78. The monoisotopic (exact) mass is 445 g/mol. The standard InChI is InChI=1S/C6HCl5O.Ta/c7-1-2(8)4(10)6(12)5(11)3(1)9;/h12H;. The Morgan fingerprint density at radius 1 is 0.615 bits per heavy atom. The van der Waals surface area contributed by atoms with Gasteiger partial charge in [0.2, 0.25) is 0 Å². The Kier molecular flexibility index (Phi) is 5.83. The number of rotatable bonds is 0. The molecule has 1 radical (unpaired) electrons. The van der Waals surface area contributed by atoms with E-state index in [-0.39, 0.29) is 53.2 Å². The second-order valence-electron chi connectivity index (χ2n) is 1.92. The maximum atomic E-state index is 9.20. The molecule has 0 fully saturated rings. The maximum Gasteiger partial charge on any atom is 0.155 e. The molecular weight excluding hydrogens is 446 g/mol. The van der Waals surface area contributed by atoms with E-state index in [0.717, 1.165) is 0 Å². The quantitative estimate of drug-likeness (QED) is 0.454. The van der Waals surface area contributed by atoms with E-state index in [4.69, 9.17) is 58.0 Å². The number of halogens is 5. The first-order chi connectivity index (χ1) is 5.46. The first-order valence-corrected chi connectivity index (χ1v) is 4.56. The van der Waals surface area contributed by atoms with Crippen LogP contribution < -0.4 is 0 Å². The summed E-state index contributed by atoms with van der Waals surface area (Å²) < 4.78 is 0. The molecule has 1 aromatic rings. The summed E-state index contributed by atoms with van der Waals surface area (Å²) in [4.78, 5) is 0. The van der Waals surface area contributed by atoms with Crippen LogP contribution in [0.1, 0.15) is 0 Å². The van der Waals surface area contributed by atoms with E-state index in [1.165, 1.54) is 0 Å². The first kappa shape index (κ1) is 14.2. The molecule has 0 bridgehead atoms. The van der Waals surface area contributed by atoms with Gasteiger partial charge in [-0.2, -0.15) is 0 Å². The van der Waals surface area contributed by atoms with Crippen molar-refractivity contribution in [3.63, 3.8) is 0 Å². The third-order valence-electron chi connectivity index (χ3n) is 1.19. The third kappa shape index (κ3) is 2.61. The normalized spacial score (nSPS) is 9.62. The third-order valence-corrected chi connectivity index (χ3v) is 3.44. The zero-order valence-corrected chi connectivity index (χ0v) is 12.8. The number of hydrogen-bond donors (Lipinski definition) is 1. The van der Waals surface area contributed by atoms with Crippen LogP contribution in [0.5, 0.6) is 5.75 Å². The molecule has 0 heterocycles. The minimum Gasteiger partial charge on any atom is -0.505 e. The van der Waals surface area contributed by atoms with Gasteiger partial charge in [0.15, 0.2) is 5.75 Å². The van der Waals surface area contributed by atoms with Crippen molar-refractivity contribution in [1.82, 2.24) is 0 Å². The van der Waals surface area contributed by atoms with Crippen LogP contribution in [0.2, 0.25) is 25.1 Å². The summed E-state index contributed by atoms with van der Waals surface area (Å²) in [7, 11) is 0. The van der Waals surface area contributed by atoms with Gasteiger partial charge >= 0.3 is 0 Å². The van der Waals surface area contributed by atoms with Crippen LogP contribution in [0.4, 0.5) is 0 Å². The van der Waals surface area contributed by atoms with Gasteiger partial charge in [0.05, 0.1) is 15.1 Å². The molecule has 0 aliphatic carbocycles. The Bertz CT molecular complexity index is 235. The number of hydrogen-bond acceptors (Lipinski definition) is 1. The van der Waals surface area contributed by atoms with Crippen molar-refractivity contribution < 1.29 is 27.5 Å². The molecule has 0 atom stereocenters. The summed E-state index contributed by atoms with van der Waals surface area (Å²) >= 11 is 27.9. The summed E-state index contributed by atoms with van der Waals surface area (Å²) in [6.07, 6.45) is 0. The van der Waals surface area contributed by atoms with Crippen molar-refractivity contribution in [2.75, 3.05) is 0 Å². The van der Waals surface area contributed by atoms with Gasteiger partial charge in [-0.15, -0.1) is 0 Å². The molecular formula is C6HCl5OTa. The summed E-state index contributed by atoms with van der Waals surface area (Å²) in [6.45, 7) is 0. The van der Waals surface area contributed by atoms with Crippen LogP contribution in [0, 0.1) is 0 Å². The average Bonchev–Trinajstić information content (AvgIpc) is 2.08. The maximum absolute atomic E-state index is 9.20. The minimum atomic E-state index is -0.363. The zero-order chi connectivity index (χ0) is 9.46. The van der Waals surface area contributed by atoms with E-state index in [0.29, 0.717) is 0 Å². The van der Waals surface area contributed by atoms with Gasteiger partial charge in [0.25, 0.3) is 0 Å². The van der Waals surface area contributed by atoms with Crippen molar-refractivity contribution in [3.05, 3.63) is 25.1 Å². The van der Waals surface area contributed by atoms with Gasteiger partial charge in [0, 0.05) is 22.4 Å². The predicted octanol–water partition coefficient (Wildman–Crippen LogP) is 4.66. The Labute approximate surface area is 115 Å². The van der Waals surface area contributed by atoms with Gasteiger partial charge in [-0.05, 0) is 0 Å². The number of phenolic OH excluding ortho intramolecular Hbond substituents is 1. The predicted molar refractivity (Wildman–Crippen MR) is 53.2 cm³/mol. The topological polar surface area (TPSA) is 20.2 Å². The SMILES string of the molecule is Oc1c(Cl)c(Cl)c(Cl)c(Cl)c1Cl.[Ta]. The van der Waals surface area contributed by atoms with Gasteiger partial charge in [-0.1, -0.05) is 58.0 Å². The molecule has 0 aliphatic rings. The average molecular weight is 447 g/mol. The van der Waals surface area contributed by atoms with E-state index in [2.05, 4.69) is 0 Å². The molecule has 0 saturated carbocycles. The van der Waals surface area contributed by atoms with Crippen LogP contribution in [-0.2, 0) is 22.4 Å². The Morgan fingerprint density at radius 3 is 1.15 bits per heavy atom. The van der Waals surface area contributed by atoms with Crippen LogP contribution in [0.15, 0.2) is 0 Å². The minimum absolute atomic E-state index is 0. The second-order valence-corrected chi connectivity index (χ2v) is 3.81. The van der Waals surface area contributed by atoms with E-state index in [1.807, 2.05) is 0 Å². The molecule has 0 spiro atoms. The fourth-order valence-electron chi connectivity index (χ4n) is 0.593. The second kappa shape index (κ2) is 5.34. The van der Waals surface area contributed by atoms with Crippen LogP contribution >= 0.6 is 58.0 Å². The molecule has 1 nitrogen and oxygen atoms in total. The molecule has 1 rings (SSSR count). The molecule has 1 N–H and O–H groups in total. The van der Waals surface area contributed by atoms with Gasteiger partial charge in [0.1, 0.15) is 10.0 Å². The van der Waals surface area contributed by atoms with Crippen molar-refractivity contribution >= 4 is 58.0 Å². The van der Waals surface area contributed by atoms with Gasteiger partial charge in [-0.25, -0.2) is 0 Å². The fourth-order valence-corrected chi connectivity index (χ4v) is 1.72. The molecule has 0 amide bonds. The van der Waals surface area contributed by atoms with Crippen molar-refractivity contribution in [2.24, 2.45) is 0 Å². The number of benzene rings is 1.